The van der Waals surface area contributed by atoms with Crippen LogP contribution < -0.4 is 21.1 Å². The van der Waals surface area contributed by atoms with Crippen molar-refractivity contribution in [2.75, 3.05) is 23.8 Å². The molecule has 2 unspecified atom stereocenters. The van der Waals surface area contributed by atoms with Crippen molar-refractivity contribution in [3.05, 3.63) is 40.2 Å². The molecule has 2 aliphatic rings. The Morgan fingerprint density at radius 2 is 2.10 bits per heavy atom. The number of hydrogen-bond donors (Lipinski definition) is 3. The van der Waals surface area contributed by atoms with Gasteiger partial charge >= 0.3 is 5.69 Å². The van der Waals surface area contributed by atoms with Crippen molar-refractivity contribution in [3.8, 4) is 17.5 Å². The van der Waals surface area contributed by atoms with E-state index >= 15 is 4.39 Å². The Kier molecular flexibility index (Phi) is 7.43. The van der Waals surface area contributed by atoms with E-state index in [-0.39, 0.29) is 46.8 Å². The fraction of sp³-hybridized carbons (Fsp3) is 0.556. The maximum atomic E-state index is 15.3. The van der Waals surface area contributed by atoms with Crippen LogP contribution in [0.1, 0.15) is 58.9 Å². The number of rotatable bonds is 8. The Morgan fingerprint density at radius 3 is 2.78 bits per heavy atom. The monoisotopic (exact) mass is 566 g/mol. The second-order valence-electron chi connectivity index (χ2n) is 12.0. The number of aliphatic hydroxyl groups is 1. The van der Waals surface area contributed by atoms with Crippen LogP contribution in [0.15, 0.2) is 23.1 Å². The van der Waals surface area contributed by atoms with Gasteiger partial charge in [0.15, 0.2) is 5.82 Å². The van der Waals surface area contributed by atoms with Gasteiger partial charge in [0.25, 0.3) is 0 Å². The molecule has 2 atom stereocenters. The number of aryl methyl sites for hydroxylation is 1. The zero-order valence-electron chi connectivity index (χ0n) is 23.8. The van der Waals surface area contributed by atoms with Crippen LogP contribution in [0.3, 0.4) is 0 Å². The van der Waals surface area contributed by atoms with Gasteiger partial charge in [0.05, 0.1) is 17.5 Å². The fourth-order valence-corrected chi connectivity index (χ4v) is 5.71. The first-order valence-electron chi connectivity index (χ1n) is 13.6. The van der Waals surface area contributed by atoms with Crippen molar-refractivity contribution in [1.29, 1.82) is 5.26 Å². The number of benzene rings is 1. The van der Waals surface area contributed by atoms with Gasteiger partial charge in [0, 0.05) is 30.7 Å². The minimum absolute atomic E-state index is 0.0123. The molecule has 2 aromatic heterocycles. The number of hydrogen-bond acceptors (Lipinski definition) is 11. The molecule has 4 heterocycles. The Bertz CT molecular complexity index is 1540. The summed E-state index contributed by atoms with van der Waals surface area (Å²) in [7, 11) is 1.43. The van der Waals surface area contributed by atoms with Crippen molar-refractivity contribution < 1.29 is 14.2 Å². The number of piperidine rings is 1. The van der Waals surface area contributed by atoms with Crippen molar-refractivity contribution in [1.82, 2.24) is 34.7 Å². The summed E-state index contributed by atoms with van der Waals surface area (Å²) >= 11 is 0. The summed E-state index contributed by atoms with van der Waals surface area (Å²) in [4.78, 5) is 23.9. The summed E-state index contributed by atoms with van der Waals surface area (Å²) in [5, 5.41) is 33.7. The number of halogens is 1. The summed E-state index contributed by atoms with van der Waals surface area (Å²) < 4.78 is 23.0. The first kappa shape index (κ1) is 28.4. The predicted molar refractivity (Wildman–Crippen MR) is 149 cm³/mol. The first-order chi connectivity index (χ1) is 19.3. The molecule has 2 fully saturated rings. The minimum Gasteiger partial charge on any atom is -0.488 e. The predicted octanol–water partition coefficient (Wildman–Crippen LogP) is 2.48. The zero-order valence-corrected chi connectivity index (χ0v) is 23.8. The molecule has 0 radical (unpaired) electrons. The number of nitriles is 1. The molecule has 218 valence electrons. The number of ether oxygens (including phenoxy) is 1. The van der Waals surface area contributed by atoms with Crippen LogP contribution in [0.2, 0.25) is 0 Å². The fourth-order valence-electron chi connectivity index (χ4n) is 5.71. The Balaban J connectivity index is 1.44. The van der Waals surface area contributed by atoms with Crippen LogP contribution in [0.25, 0.3) is 5.69 Å². The van der Waals surface area contributed by atoms with Gasteiger partial charge in [-0.2, -0.15) is 19.6 Å². The Labute approximate surface area is 236 Å². The van der Waals surface area contributed by atoms with E-state index < -0.39 is 17.1 Å². The van der Waals surface area contributed by atoms with Gasteiger partial charge in [-0.25, -0.2) is 14.2 Å². The quantitative estimate of drug-likeness (QED) is 0.368. The number of aromatic nitrogens is 6. The van der Waals surface area contributed by atoms with Gasteiger partial charge in [-0.3, -0.25) is 4.90 Å². The summed E-state index contributed by atoms with van der Waals surface area (Å²) in [6.45, 7) is 8.51. The molecule has 3 N–H and O–H groups in total. The van der Waals surface area contributed by atoms with Crippen LogP contribution in [-0.4, -0.2) is 76.1 Å². The van der Waals surface area contributed by atoms with E-state index in [1.807, 2.05) is 0 Å². The van der Waals surface area contributed by atoms with Gasteiger partial charge in [0.1, 0.15) is 35.5 Å². The van der Waals surface area contributed by atoms with Gasteiger partial charge in [0.2, 0.25) is 5.95 Å². The number of nitrogens with zero attached hydrogens (tertiary/aromatic N) is 8. The molecule has 41 heavy (non-hydrogen) atoms. The highest BCUT2D eigenvalue weighted by atomic mass is 19.1. The number of nitrogens with one attached hydrogen (secondary N) is 2. The van der Waals surface area contributed by atoms with Crippen molar-refractivity contribution >= 4 is 17.5 Å². The van der Waals surface area contributed by atoms with E-state index in [0.29, 0.717) is 11.9 Å². The Morgan fingerprint density at radius 1 is 1.32 bits per heavy atom. The molecule has 1 aromatic carbocycles. The molecule has 0 aliphatic carbocycles. The van der Waals surface area contributed by atoms with Gasteiger partial charge in [-0.05, 0) is 76.4 Å². The van der Waals surface area contributed by atoms with Crippen molar-refractivity contribution in [2.24, 2.45) is 7.05 Å². The lowest BCUT2D eigenvalue weighted by atomic mass is 9.84. The number of tetrazole rings is 1. The topological polar surface area (TPSA) is 159 Å². The number of anilines is 3. The SMILES string of the molecule is Cn1nnn(-c2cc(Nc3ncc(C#N)c(NC4CC5CCCN5C(C)(C)C4)n3)c(F)cc2OCC(C)(C)O)c1=O. The lowest BCUT2D eigenvalue weighted by Gasteiger charge is -2.47. The third kappa shape index (κ3) is 6.01. The van der Waals surface area contributed by atoms with E-state index in [1.54, 1.807) is 13.8 Å². The van der Waals surface area contributed by atoms with E-state index in [1.165, 1.54) is 25.7 Å². The Hall–Kier alpha value is -4.09. The normalized spacial score (nSPS) is 20.3. The molecular weight excluding hydrogens is 531 g/mol. The van der Waals surface area contributed by atoms with E-state index in [9.17, 15) is 15.2 Å². The zero-order chi connectivity index (χ0) is 29.5. The highest BCUT2D eigenvalue weighted by molar-refractivity contribution is 5.64. The molecule has 0 amide bonds. The highest BCUT2D eigenvalue weighted by Crippen LogP contribution is 2.39. The number of fused-ring (bicyclic) bond motifs is 1. The molecule has 13 nitrogen and oxygen atoms in total. The maximum absolute atomic E-state index is 15.3. The lowest BCUT2D eigenvalue weighted by Crippen LogP contribution is -2.55. The molecule has 0 spiro atoms. The average molecular weight is 567 g/mol. The molecule has 0 bridgehead atoms. The van der Waals surface area contributed by atoms with Crippen molar-refractivity contribution in [3.63, 3.8) is 0 Å². The molecule has 2 aliphatic heterocycles. The average Bonchev–Trinajstić information content (AvgIpc) is 3.51. The molecule has 5 rings (SSSR count). The summed E-state index contributed by atoms with van der Waals surface area (Å²) in [6.07, 6.45) is 5.55. The standard InChI is InChI=1S/C27H35FN10O3/c1-26(2)12-17(9-18-7-6-8-37(18)26)31-23-16(13-29)14-30-24(33-23)32-20-11-21(38-25(39)36(5)34-35-38)22(10-19(20)28)41-15-27(3,4)40/h10-11,14,17-18,40H,6-9,12,15H2,1-5H3,(H2,30,31,32,33). The lowest BCUT2D eigenvalue weighted by molar-refractivity contribution is 0.0283. The third-order valence-corrected chi connectivity index (χ3v) is 7.53. The van der Waals surface area contributed by atoms with Crippen LogP contribution in [-0.2, 0) is 7.05 Å². The van der Waals surface area contributed by atoms with E-state index in [2.05, 4.69) is 55.8 Å². The van der Waals surface area contributed by atoms with Crippen molar-refractivity contribution in [2.45, 2.75) is 76.6 Å². The van der Waals surface area contributed by atoms with Gasteiger partial charge in [-0.15, -0.1) is 0 Å². The largest absolute Gasteiger partial charge is 0.488 e. The molecule has 14 heteroatoms. The molecule has 2 saturated heterocycles. The molecule has 0 saturated carbocycles. The second kappa shape index (κ2) is 10.7. The summed E-state index contributed by atoms with van der Waals surface area (Å²) in [6, 6.07) is 5.15. The van der Waals surface area contributed by atoms with Gasteiger partial charge in [-0.1, -0.05) is 0 Å². The first-order valence-corrected chi connectivity index (χ1v) is 13.6. The van der Waals surface area contributed by atoms with Gasteiger partial charge < -0.3 is 20.5 Å². The van der Waals surface area contributed by atoms with Crippen LogP contribution in [0.5, 0.6) is 5.75 Å². The second-order valence-corrected chi connectivity index (χ2v) is 12.0. The highest BCUT2D eigenvalue weighted by Gasteiger charge is 2.43. The van der Waals surface area contributed by atoms with Crippen LogP contribution in [0, 0.1) is 17.1 Å². The van der Waals surface area contributed by atoms with E-state index in [0.717, 1.165) is 41.2 Å². The smallest absolute Gasteiger partial charge is 0.368 e. The minimum atomic E-state index is -1.21. The van der Waals surface area contributed by atoms with Crippen LogP contribution >= 0.6 is 0 Å². The molecular formula is C27H35FN10O3. The summed E-state index contributed by atoms with van der Waals surface area (Å²) in [5.74, 6) is -0.297. The maximum Gasteiger partial charge on any atom is 0.368 e. The van der Waals surface area contributed by atoms with E-state index in [4.69, 9.17) is 4.74 Å². The molecule has 3 aromatic rings. The third-order valence-electron chi connectivity index (χ3n) is 7.53. The van der Waals surface area contributed by atoms with Crippen LogP contribution in [0.4, 0.5) is 21.8 Å². The summed E-state index contributed by atoms with van der Waals surface area (Å²) in [5.41, 5.74) is -1.43.